The smallest absolute Gasteiger partial charge is 0.308 e. The highest BCUT2D eigenvalue weighted by Gasteiger charge is 2.35. The first-order chi connectivity index (χ1) is 15.5. The van der Waals surface area contributed by atoms with Gasteiger partial charge in [-0.3, -0.25) is 14.7 Å². The summed E-state index contributed by atoms with van der Waals surface area (Å²) in [4.78, 5) is 23.2. The van der Waals surface area contributed by atoms with Crippen molar-refractivity contribution < 1.29 is 14.6 Å². The Morgan fingerprint density at radius 3 is 2.97 bits per heavy atom. The van der Waals surface area contributed by atoms with Crippen molar-refractivity contribution in [3.05, 3.63) is 47.6 Å². The van der Waals surface area contributed by atoms with Crippen molar-refractivity contribution in [2.75, 3.05) is 20.2 Å². The van der Waals surface area contributed by atoms with Gasteiger partial charge in [0.2, 0.25) is 0 Å². The van der Waals surface area contributed by atoms with Crippen molar-refractivity contribution >= 4 is 40.0 Å². The number of benzene rings is 1. The number of carbonyl (C=O) groups is 1. The molecule has 3 heterocycles. The Kier molecular flexibility index (Phi) is 7.65. The minimum Gasteiger partial charge on any atom is -0.497 e. The van der Waals surface area contributed by atoms with E-state index in [0.717, 1.165) is 53.2 Å². The van der Waals surface area contributed by atoms with Gasteiger partial charge in [0.15, 0.2) is 4.34 Å². The molecule has 0 amide bonds. The van der Waals surface area contributed by atoms with Crippen LogP contribution >= 0.6 is 23.1 Å². The molecular weight excluding hydrogens is 442 g/mol. The maximum atomic E-state index is 12.1. The zero-order valence-electron chi connectivity index (χ0n) is 18.4. The zero-order chi connectivity index (χ0) is 22.5. The number of carboxylic acid groups (broad SMARTS) is 1. The molecule has 3 atom stereocenters. The summed E-state index contributed by atoms with van der Waals surface area (Å²) in [6, 6.07) is 8.02. The number of thioether (sulfide) groups is 1. The predicted molar refractivity (Wildman–Crippen MR) is 129 cm³/mol. The Bertz CT molecular complexity index is 1040. The van der Waals surface area contributed by atoms with Gasteiger partial charge in [0.1, 0.15) is 5.75 Å². The lowest BCUT2D eigenvalue weighted by molar-refractivity contribution is -0.146. The standard InChI is InChI=1S/C24H29N3O3S2/c1-16(32-24-26-11-13-31-24)27-12-9-18(21(15-27)23(28)29)5-3-4-17-8-10-25-22-7-6-19(30-2)14-20(17)22/h6-8,10-11,13-14,16,18,21H,3-5,9,12,15H2,1-2H3,(H,28,29)/t16-,18-,21+/m1/s1. The van der Waals surface area contributed by atoms with Gasteiger partial charge in [-0.05, 0) is 74.9 Å². The van der Waals surface area contributed by atoms with Crippen molar-refractivity contribution in [3.8, 4) is 5.75 Å². The van der Waals surface area contributed by atoms with E-state index >= 15 is 0 Å². The van der Waals surface area contributed by atoms with Crippen LogP contribution in [0, 0.1) is 11.8 Å². The first-order valence-corrected chi connectivity index (χ1v) is 12.8. The van der Waals surface area contributed by atoms with Crippen LogP contribution in [0.3, 0.4) is 0 Å². The van der Waals surface area contributed by atoms with Crippen LogP contribution in [-0.4, -0.2) is 51.5 Å². The molecule has 1 saturated heterocycles. The van der Waals surface area contributed by atoms with Gasteiger partial charge in [-0.2, -0.15) is 0 Å². The quantitative estimate of drug-likeness (QED) is 0.431. The van der Waals surface area contributed by atoms with Crippen LogP contribution in [0.25, 0.3) is 10.9 Å². The van der Waals surface area contributed by atoms with Crippen LogP contribution < -0.4 is 4.74 Å². The second kappa shape index (κ2) is 10.6. The summed E-state index contributed by atoms with van der Waals surface area (Å²) in [7, 11) is 1.67. The summed E-state index contributed by atoms with van der Waals surface area (Å²) in [5.41, 5.74) is 2.21. The molecule has 0 aliphatic carbocycles. The monoisotopic (exact) mass is 471 g/mol. The van der Waals surface area contributed by atoms with Crippen molar-refractivity contribution in [3.63, 3.8) is 0 Å². The van der Waals surface area contributed by atoms with Crippen LogP contribution in [0.15, 0.2) is 46.4 Å². The number of methoxy groups -OCH3 is 1. The maximum Gasteiger partial charge on any atom is 0.308 e. The second-order valence-corrected chi connectivity index (χ2v) is 10.7. The van der Waals surface area contributed by atoms with Gasteiger partial charge in [0.05, 0.1) is 23.9 Å². The molecule has 0 unspecified atom stereocenters. The van der Waals surface area contributed by atoms with Gasteiger partial charge in [-0.1, -0.05) is 11.8 Å². The molecule has 1 aliphatic rings. The highest BCUT2D eigenvalue weighted by atomic mass is 32.2. The molecule has 0 radical (unpaired) electrons. The molecule has 4 rings (SSSR count). The number of likely N-dealkylation sites (tertiary alicyclic amines) is 1. The molecule has 1 aromatic carbocycles. The summed E-state index contributed by atoms with van der Waals surface area (Å²) in [6.07, 6.45) is 7.39. The van der Waals surface area contributed by atoms with E-state index in [1.54, 1.807) is 30.2 Å². The van der Waals surface area contributed by atoms with Gasteiger partial charge < -0.3 is 9.84 Å². The number of thiazole rings is 1. The topological polar surface area (TPSA) is 75.5 Å². The van der Waals surface area contributed by atoms with E-state index in [1.807, 2.05) is 36.0 Å². The second-order valence-electron chi connectivity index (χ2n) is 8.25. The number of carboxylic acids is 1. The number of aryl methyl sites for hydroxylation is 1. The van der Waals surface area contributed by atoms with Gasteiger partial charge >= 0.3 is 5.97 Å². The number of rotatable bonds is 9. The molecule has 6 nitrogen and oxygen atoms in total. The lowest BCUT2D eigenvalue weighted by Gasteiger charge is -2.39. The third-order valence-electron chi connectivity index (χ3n) is 6.36. The molecule has 1 N–H and O–H groups in total. The molecule has 3 aromatic rings. The van der Waals surface area contributed by atoms with Crippen molar-refractivity contribution in [2.45, 2.75) is 42.3 Å². The highest BCUT2D eigenvalue weighted by Crippen LogP contribution is 2.34. The molecule has 0 saturated carbocycles. The highest BCUT2D eigenvalue weighted by molar-refractivity contribution is 8.01. The van der Waals surface area contributed by atoms with Gasteiger partial charge in [-0.25, -0.2) is 4.98 Å². The molecule has 1 fully saturated rings. The molecule has 32 heavy (non-hydrogen) atoms. The summed E-state index contributed by atoms with van der Waals surface area (Å²) in [6.45, 7) is 3.69. The number of ether oxygens (including phenoxy) is 1. The van der Waals surface area contributed by atoms with Crippen LogP contribution in [0.1, 0.15) is 31.7 Å². The molecule has 8 heteroatoms. The number of nitrogens with zero attached hydrogens (tertiary/aromatic N) is 3. The fraction of sp³-hybridized carbons (Fsp3) is 0.458. The van der Waals surface area contributed by atoms with E-state index in [-0.39, 0.29) is 17.2 Å². The first-order valence-electron chi connectivity index (χ1n) is 11.0. The number of aromatic nitrogens is 2. The number of pyridine rings is 1. The van der Waals surface area contributed by atoms with E-state index in [0.29, 0.717) is 6.54 Å². The summed E-state index contributed by atoms with van der Waals surface area (Å²) in [5, 5.41) is 13.2. The van der Waals surface area contributed by atoms with E-state index in [2.05, 4.69) is 27.9 Å². The zero-order valence-corrected chi connectivity index (χ0v) is 20.1. The Labute approximate surface area is 197 Å². The molecule has 2 aromatic heterocycles. The van der Waals surface area contributed by atoms with Crippen molar-refractivity contribution in [2.24, 2.45) is 11.8 Å². The molecule has 170 valence electrons. The van der Waals surface area contributed by atoms with E-state index in [4.69, 9.17) is 4.74 Å². The first kappa shape index (κ1) is 23.0. The van der Waals surface area contributed by atoms with E-state index in [1.165, 1.54) is 5.56 Å². The number of fused-ring (bicyclic) bond motifs is 1. The van der Waals surface area contributed by atoms with Crippen molar-refractivity contribution in [1.82, 2.24) is 14.9 Å². The van der Waals surface area contributed by atoms with Crippen molar-refractivity contribution in [1.29, 1.82) is 0 Å². The lowest BCUT2D eigenvalue weighted by atomic mass is 9.81. The maximum absolute atomic E-state index is 12.1. The summed E-state index contributed by atoms with van der Waals surface area (Å²) < 4.78 is 6.41. The Morgan fingerprint density at radius 1 is 1.34 bits per heavy atom. The largest absolute Gasteiger partial charge is 0.497 e. The fourth-order valence-corrected chi connectivity index (χ4v) is 6.47. The SMILES string of the molecule is COc1ccc2nccc(CCC[C@@H]3CCN([C@@H](C)Sc4nccs4)C[C@@H]3C(=O)O)c2c1. The average molecular weight is 472 g/mol. The minimum absolute atomic E-state index is 0.212. The lowest BCUT2D eigenvalue weighted by Crippen LogP contribution is -2.46. The van der Waals surface area contributed by atoms with Gasteiger partial charge in [0, 0.05) is 29.7 Å². The van der Waals surface area contributed by atoms with Crippen LogP contribution in [0.5, 0.6) is 5.75 Å². The number of hydrogen-bond donors (Lipinski definition) is 1. The summed E-state index contributed by atoms with van der Waals surface area (Å²) >= 11 is 3.35. The normalized spacial score (nSPS) is 20.3. The Balaban J connectivity index is 1.36. The number of aliphatic carboxylic acids is 1. The number of piperidine rings is 1. The molecule has 0 spiro atoms. The predicted octanol–water partition coefficient (Wildman–Crippen LogP) is 5.18. The molecular formula is C24H29N3O3S2. The Morgan fingerprint density at radius 2 is 2.22 bits per heavy atom. The van der Waals surface area contributed by atoms with Crippen LogP contribution in [0.4, 0.5) is 0 Å². The summed E-state index contributed by atoms with van der Waals surface area (Å²) in [5.74, 6) is 0.0425. The molecule has 1 aliphatic heterocycles. The van der Waals surface area contributed by atoms with Crippen LogP contribution in [0.2, 0.25) is 0 Å². The van der Waals surface area contributed by atoms with Gasteiger partial charge in [0.25, 0.3) is 0 Å². The third kappa shape index (κ3) is 5.42. The molecule has 0 bridgehead atoms. The fourth-order valence-electron chi connectivity index (χ4n) is 4.55. The Hall–Kier alpha value is -2.16. The van der Waals surface area contributed by atoms with Crippen LogP contribution in [-0.2, 0) is 11.2 Å². The number of hydrogen-bond acceptors (Lipinski definition) is 7. The van der Waals surface area contributed by atoms with Gasteiger partial charge in [-0.15, -0.1) is 11.3 Å². The van der Waals surface area contributed by atoms with E-state index in [9.17, 15) is 9.90 Å². The van der Waals surface area contributed by atoms with E-state index < -0.39 is 5.97 Å². The minimum atomic E-state index is -0.676. The third-order valence-corrected chi connectivity index (χ3v) is 8.45. The average Bonchev–Trinajstić information content (AvgIpc) is 3.32.